The third-order valence-corrected chi connectivity index (χ3v) is 6.14. The topological polar surface area (TPSA) is 78.5 Å². The number of carbonyl (C=O) groups excluding carboxylic acids is 1. The first-order valence-corrected chi connectivity index (χ1v) is 11.3. The van der Waals surface area contributed by atoms with Crippen molar-refractivity contribution in [3.63, 3.8) is 0 Å². The maximum Gasteiger partial charge on any atom is 0.273 e. The highest BCUT2D eigenvalue weighted by molar-refractivity contribution is 6.31. The van der Waals surface area contributed by atoms with Gasteiger partial charge in [-0.1, -0.05) is 48.5 Å². The Morgan fingerprint density at radius 2 is 1.89 bits per heavy atom. The van der Waals surface area contributed by atoms with Crippen LogP contribution in [0.25, 0.3) is 11.3 Å². The molecule has 4 aromatic rings. The molecule has 0 saturated carbocycles. The minimum atomic E-state index is -0.511. The minimum Gasteiger partial charge on any atom is -0.507 e. The van der Waals surface area contributed by atoms with Crippen molar-refractivity contribution >= 4 is 17.5 Å². The Balaban J connectivity index is 1.61. The van der Waals surface area contributed by atoms with Crippen molar-refractivity contribution in [1.29, 1.82) is 0 Å². The lowest BCUT2D eigenvalue weighted by Crippen LogP contribution is -2.29. The Morgan fingerprint density at radius 1 is 1.14 bits per heavy atom. The molecule has 1 aliphatic rings. The van der Waals surface area contributed by atoms with Crippen LogP contribution in [0.2, 0.25) is 5.02 Å². The van der Waals surface area contributed by atoms with E-state index in [1.54, 1.807) is 35.2 Å². The number of aromatic amines is 1. The summed E-state index contributed by atoms with van der Waals surface area (Å²) in [5.74, 6) is 0.0751. The highest BCUT2D eigenvalue weighted by Gasteiger charge is 2.42. The number of hydrogen-bond acceptors (Lipinski definition) is 4. The molecular weight excluding hydrogens is 469 g/mol. The second-order valence-electron chi connectivity index (χ2n) is 8.15. The molecular formula is C27H21ClFN3O3. The standard InChI is InChI=1S/C27H21ClFN3O3/c1-2-13-35-20-10-5-17(6-11-20)26-23-24(21-14-18(28)7-12-22(21)33)30-31-25(23)27(34)32(26)15-16-3-8-19(29)9-4-16/h2-12,14,26,33H,1,13,15H2,(H,30,31). The zero-order chi connectivity index (χ0) is 24.5. The first-order chi connectivity index (χ1) is 17.0. The van der Waals surface area contributed by atoms with E-state index in [4.69, 9.17) is 16.3 Å². The van der Waals surface area contributed by atoms with Crippen LogP contribution >= 0.6 is 11.6 Å². The number of rotatable bonds is 7. The third-order valence-electron chi connectivity index (χ3n) is 5.91. The number of benzene rings is 3. The van der Waals surface area contributed by atoms with Gasteiger partial charge in [-0.2, -0.15) is 5.10 Å². The summed E-state index contributed by atoms with van der Waals surface area (Å²) in [7, 11) is 0. The van der Waals surface area contributed by atoms with Crippen molar-refractivity contribution in [2.45, 2.75) is 12.6 Å². The second-order valence-corrected chi connectivity index (χ2v) is 8.59. The largest absolute Gasteiger partial charge is 0.507 e. The number of phenolic OH excluding ortho intramolecular Hbond substituents is 1. The van der Waals surface area contributed by atoms with Crippen LogP contribution in [0.5, 0.6) is 11.5 Å². The molecule has 0 spiro atoms. The average Bonchev–Trinajstić information content (AvgIpc) is 3.40. The zero-order valence-electron chi connectivity index (χ0n) is 18.5. The zero-order valence-corrected chi connectivity index (χ0v) is 19.3. The second kappa shape index (κ2) is 9.27. The number of halogens is 2. The van der Waals surface area contributed by atoms with E-state index in [9.17, 15) is 14.3 Å². The summed E-state index contributed by atoms with van der Waals surface area (Å²) in [6.45, 7) is 4.29. The highest BCUT2D eigenvalue weighted by Crippen LogP contribution is 2.45. The summed E-state index contributed by atoms with van der Waals surface area (Å²) >= 11 is 6.20. The van der Waals surface area contributed by atoms with Gasteiger partial charge in [-0.3, -0.25) is 9.89 Å². The number of aromatic hydroxyl groups is 1. The van der Waals surface area contributed by atoms with Gasteiger partial charge in [0, 0.05) is 22.7 Å². The molecule has 176 valence electrons. The quantitative estimate of drug-likeness (QED) is 0.317. The van der Waals surface area contributed by atoms with Crippen LogP contribution in [0.3, 0.4) is 0 Å². The van der Waals surface area contributed by atoms with E-state index in [1.807, 2.05) is 24.3 Å². The van der Waals surface area contributed by atoms with E-state index in [1.165, 1.54) is 18.2 Å². The van der Waals surface area contributed by atoms with Crippen molar-refractivity contribution in [2.75, 3.05) is 6.61 Å². The van der Waals surface area contributed by atoms with Gasteiger partial charge in [0.2, 0.25) is 0 Å². The van der Waals surface area contributed by atoms with Crippen LogP contribution in [0.4, 0.5) is 4.39 Å². The lowest BCUT2D eigenvalue weighted by molar-refractivity contribution is 0.0730. The summed E-state index contributed by atoms with van der Waals surface area (Å²) in [6.07, 6.45) is 1.66. The van der Waals surface area contributed by atoms with Crippen LogP contribution in [0.15, 0.2) is 79.4 Å². The van der Waals surface area contributed by atoms with Crippen LogP contribution in [0.1, 0.15) is 33.2 Å². The average molecular weight is 490 g/mol. The summed E-state index contributed by atoms with van der Waals surface area (Å²) < 4.78 is 19.1. The fraction of sp³-hybridized carbons (Fsp3) is 0.111. The number of amides is 1. The number of phenols is 1. The maximum absolute atomic E-state index is 13.5. The van der Waals surface area contributed by atoms with Crippen molar-refractivity contribution < 1.29 is 19.0 Å². The van der Waals surface area contributed by atoms with Crippen molar-refractivity contribution in [1.82, 2.24) is 15.1 Å². The number of ether oxygens (including phenoxy) is 1. The van der Waals surface area contributed by atoms with Crippen molar-refractivity contribution in [3.05, 3.63) is 113 Å². The van der Waals surface area contributed by atoms with Crippen LogP contribution in [0, 0.1) is 5.82 Å². The van der Waals surface area contributed by atoms with E-state index < -0.39 is 6.04 Å². The molecule has 0 saturated heterocycles. The highest BCUT2D eigenvalue weighted by atomic mass is 35.5. The van der Waals surface area contributed by atoms with Crippen molar-refractivity contribution in [3.8, 4) is 22.8 Å². The first-order valence-electron chi connectivity index (χ1n) is 10.9. The molecule has 3 aromatic carbocycles. The van der Waals surface area contributed by atoms with E-state index in [2.05, 4.69) is 16.8 Å². The molecule has 0 aliphatic carbocycles. The number of carbonyl (C=O) groups is 1. The van der Waals surface area contributed by atoms with Crippen molar-refractivity contribution in [2.24, 2.45) is 0 Å². The Kier molecular flexibility index (Phi) is 6.01. The number of H-pyrrole nitrogens is 1. The van der Waals surface area contributed by atoms with Crippen LogP contribution in [-0.4, -0.2) is 32.7 Å². The summed E-state index contributed by atoms with van der Waals surface area (Å²) in [4.78, 5) is 15.2. The summed E-state index contributed by atoms with van der Waals surface area (Å²) in [6, 6.07) is 17.6. The van der Waals surface area contributed by atoms with Gasteiger partial charge in [-0.15, -0.1) is 0 Å². The molecule has 1 aromatic heterocycles. The Bertz CT molecular complexity index is 1400. The molecule has 5 rings (SSSR count). The molecule has 0 fully saturated rings. The predicted octanol–water partition coefficient (Wildman–Crippen LogP) is 5.89. The smallest absolute Gasteiger partial charge is 0.273 e. The van der Waals surface area contributed by atoms with Gasteiger partial charge in [-0.25, -0.2) is 4.39 Å². The molecule has 1 aliphatic heterocycles. The number of aromatic nitrogens is 2. The van der Waals surface area contributed by atoms with E-state index in [0.717, 1.165) is 11.1 Å². The third kappa shape index (κ3) is 4.26. The van der Waals surface area contributed by atoms with Gasteiger partial charge < -0.3 is 14.7 Å². The van der Waals surface area contributed by atoms with Crippen LogP contribution < -0.4 is 4.74 Å². The van der Waals surface area contributed by atoms with E-state index in [0.29, 0.717) is 39.9 Å². The first kappa shape index (κ1) is 22.7. The number of hydrogen-bond donors (Lipinski definition) is 2. The van der Waals surface area contributed by atoms with Gasteiger partial charge in [-0.05, 0) is 53.6 Å². The Labute approximate surface area is 206 Å². The normalized spacial score (nSPS) is 14.7. The maximum atomic E-state index is 13.5. The van der Waals surface area contributed by atoms with Crippen LogP contribution in [-0.2, 0) is 6.54 Å². The van der Waals surface area contributed by atoms with Gasteiger partial charge >= 0.3 is 0 Å². The minimum absolute atomic E-state index is 0.0000524. The number of nitrogens with zero attached hydrogens (tertiary/aromatic N) is 2. The molecule has 1 unspecified atom stereocenters. The number of nitrogens with one attached hydrogen (secondary N) is 1. The molecule has 2 heterocycles. The molecule has 8 heteroatoms. The Morgan fingerprint density at radius 3 is 2.60 bits per heavy atom. The summed E-state index contributed by atoms with van der Waals surface area (Å²) in [5, 5.41) is 18.2. The van der Waals surface area contributed by atoms with Gasteiger partial charge in [0.15, 0.2) is 0 Å². The fourth-order valence-corrected chi connectivity index (χ4v) is 4.47. The molecule has 2 N–H and O–H groups in total. The molecule has 1 atom stereocenters. The lowest BCUT2D eigenvalue weighted by atomic mass is 9.95. The molecule has 0 bridgehead atoms. The molecule has 6 nitrogen and oxygen atoms in total. The lowest BCUT2D eigenvalue weighted by Gasteiger charge is -2.27. The predicted molar refractivity (Wildman–Crippen MR) is 131 cm³/mol. The van der Waals surface area contributed by atoms with E-state index in [-0.39, 0.29) is 24.0 Å². The SMILES string of the molecule is C=CCOc1ccc(C2c3c(-c4cc(Cl)ccc4O)n[nH]c3C(=O)N2Cc2ccc(F)cc2)cc1. The molecule has 1 amide bonds. The molecule has 35 heavy (non-hydrogen) atoms. The Hall–Kier alpha value is -4.10. The van der Waals surface area contributed by atoms with Gasteiger partial charge in [0.1, 0.15) is 35.3 Å². The fourth-order valence-electron chi connectivity index (χ4n) is 4.30. The number of fused-ring (bicyclic) bond motifs is 1. The van der Waals surface area contributed by atoms with E-state index >= 15 is 0 Å². The molecule has 0 radical (unpaired) electrons. The van der Waals surface area contributed by atoms with Gasteiger partial charge in [0.05, 0.1) is 6.04 Å². The monoisotopic (exact) mass is 489 g/mol. The summed E-state index contributed by atoms with van der Waals surface area (Å²) in [5.41, 5.74) is 3.43. The van der Waals surface area contributed by atoms with Gasteiger partial charge in [0.25, 0.3) is 5.91 Å².